The molecule has 2 heterocycles. The van der Waals surface area contributed by atoms with Gasteiger partial charge in [0.25, 0.3) is 0 Å². The van der Waals surface area contributed by atoms with Gasteiger partial charge in [0.05, 0.1) is 6.04 Å². The van der Waals surface area contributed by atoms with E-state index < -0.39 is 6.09 Å². The number of fused-ring (bicyclic) bond motifs is 3. The number of allylic oxidation sites excluding steroid dienone is 2. The highest BCUT2D eigenvalue weighted by Crippen LogP contribution is 2.36. The van der Waals surface area contributed by atoms with Crippen molar-refractivity contribution in [3.8, 4) is 0 Å². The second-order valence-electron chi connectivity index (χ2n) is 4.54. The van der Waals surface area contributed by atoms with E-state index in [1.54, 1.807) is 6.20 Å². The Morgan fingerprint density at radius 3 is 3.19 bits per heavy atom. The molecule has 0 spiro atoms. The molecule has 0 bridgehead atoms. The summed E-state index contributed by atoms with van der Waals surface area (Å²) < 4.78 is 0. The van der Waals surface area contributed by atoms with Crippen LogP contribution in [-0.4, -0.2) is 34.4 Å². The van der Waals surface area contributed by atoms with E-state index in [2.05, 4.69) is 17.1 Å². The molecule has 1 N–H and O–H groups in total. The van der Waals surface area contributed by atoms with Gasteiger partial charge >= 0.3 is 6.09 Å². The maximum Gasteiger partial charge on any atom is 0.411 e. The summed E-state index contributed by atoms with van der Waals surface area (Å²) in [6.45, 7) is 0.741. The molecule has 0 aromatic rings. The molecule has 3 rings (SSSR count). The van der Waals surface area contributed by atoms with Gasteiger partial charge < -0.3 is 5.11 Å². The molecule has 0 saturated carbocycles. The van der Waals surface area contributed by atoms with Crippen molar-refractivity contribution >= 4 is 11.8 Å². The number of hydrogen-bond donors (Lipinski definition) is 1. The van der Waals surface area contributed by atoms with Gasteiger partial charge in [-0.05, 0) is 6.42 Å². The van der Waals surface area contributed by atoms with Crippen molar-refractivity contribution in [2.45, 2.75) is 18.9 Å². The number of rotatable bonds is 0. The molecule has 0 aromatic carbocycles. The van der Waals surface area contributed by atoms with Gasteiger partial charge in [-0.3, -0.25) is 9.89 Å². The lowest BCUT2D eigenvalue weighted by molar-refractivity contribution is 0.134. The molecule has 3 atom stereocenters. The van der Waals surface area contributed by atoms with Crippen molar-refractivity contribution in [3.63, 3.8) is 0 Å². The zero-order valence-electron chi connectivity index (χ0n) is 8.91. The van der Waals surface area contributed by atoms with E-state index in [0.29, 0.717) is 0 Å². The van der Waals surface area contributed by atoms with E-state index in [1.807, 2.05) is 6.08 Å². The summed E-state index contributed by atoms with van der Waals surface area (Å²) in [7, 11) is 0. The average molecular weight is 218 g/mol. The Bertz CT molecular complexity index is 411. The summed E-state index contributed by atoms with van der Waals surface area (Å²) in [6, 6.07) is 0.0787. The smallest absolute Gasteiger partial charge is 0.411 e. The minimum Gasteiger partial charge on any atom is -0.465 e. The number of carbonyl (C=O) groups is 1. The number of carboxylic acid groups (broad SMARTS) is 1. The number of aliphatic imine (C=N–C) groups is 1. The zero-order valence-corrected chi connectivity index (χ0v) is 8.91. The molecule has 4 nitrogen and oxygen atoms in total. The van der Waals surface area contributed by atoms with E-state index >= 15 is 0 Å². The van der Waals surface area contributed by atoms with Gasteiger partial charge in [0.15, 0.2) is 0 Å². The van der Waals surface area contributed by atoms with E-state index in [-0.39, 0.29) is 17.9 Å². The van der Waals surface area contributed by atoms with Crippen LogP contribution in [0.25, 0.3) is 0 Å². The summed E-state index contributed by atoms with van der Waals surface area (Å²) in [6.07, 6.45) is 8.92. The van der Waals surface area contributed by atoms with Gasteiger partial charge in [-0.1, -0.05) is 18.2 Å². The lowest BCUT2D eigenvalue weighted by Crippen LogP contribution is -2.48. The van der Waals surface area contributed by atoms with Crippen LogP contribution in [-0.2, 0) is 0 Å². The standard InChI is InChI=1S/C12H14N2O2/c15-12(16)14-6-5-8-7-13-10-4-2-1-3-9(10)11(8)14/h1-2,5-6,8-9,11H,3-4,7H2,(H,15,16). The fraction of sp³-hybridized carbons (Fsp3) is 0.500. The number of amides is 1. The van der Waals surface area contributed by atoms with Crippen LogP contribution in [0.1, 0.15) is 12.8 Å². The number of hydrogen-bond acceptors (Lipinski definition) is 2. The molecular weight excluding hydrogens is 204 g/mol. The van der Waals surface area contributed by atoms with E-state index in [9.17, 15) is 4.79 Å². The van der Waals surface area contributed by atoms with Crippen molar-refractivity contribution < 1.29 is 9.90 Å². The zero-order chi connectivity index (χ0) is 11.1. The van der Waals surface area contributed by atoms with E-state index in [4.69, 9.17) is 5.11 Å². The van der Waals surface area contributed by atoms with Gasteiger partial charge in [-0.25, -0.2) is 4.79 Å². The van der Waals surface area contributed by atoms with Crippen LogP contribution in [0.15, 0.2) is 29.4 Å². The minimum atomic E-state index is -0.848. The molecular formula is C12H14N2O2. The van der Waals surface area contributed by atoms with Crippen LogP contribution in [0.2, 0.25) is 0 Å². The van der Waals surface area contributed by atoms with Crippen LogP contribution in [0, 0.1) is 11.8 Å². The fourth-order valence-corrected chi connectivity index (χ4v) is 2.95. The Hall–Kier alpha value is -1.58. The van der Waals surface area contributed by atoms with Crippen LogP contribution < -0.4 is 0 Å². The summed E-state index contributed by atoms with van der Waals surface area (Å²) in [5, 5.41) is 9.16. The van der Waals surface area contributed by atoms with E-state index in [0.717, 1.165) is 19.4 Å². The van der Waals surface area contributed by atoms with Crippen molar-refractivity contribution in [2.24, 2.45) is 16.8 Å². The molecule has 0 fully saturated rings. The quantitative estimate of drug-likeness (QED) is 0.631. The highest BCUT2D eigenvalue weighted by molar-refractivity contribution is 5.91. The van der Waals surface area contributed by atoms with Crippen molar-refractivity contribution in [2.75, 3.05) is 6.54 Å². The SMILES string of the molecule is O=C(O)N1C=CC2CN=C3CC=CCC3C21. The predicted octanol–water partition coefficient (Wildman–Crippen LogP) is 1.90. The molecule has 3 unspecified atom stereocenters. The van der Waals surface area contributed by atoms with Crippen LogP contribution >= 0.6 is 0 Å². The molecule has 0 aromatic heterocycles. The largest absolute Gasteiger partial charge is 0.465 e. The Labute approximate surface area is 94.0 Å². The van der Waals surface area contributed by atoms with Crippen molar-refractivity contribution in [1.82, 2.24) is 4.90 Å². The molecule has 0 radical (unpaired) electrons. The Balaban J connectivity index is 1.93. The molecule has 4 heteroatoms. The van der Waals surface area contributed by atoms with Gasteiger partial charge in [0.1, 0.15) is 0 Å². The topological polar surface area (TPSA) is 52.9 Å². The third-order valence-corrected chi connectivity index (χ3v) is 3.70. The fourth-order valence-electron chi connectivity index (χ4n) is 2.95. The first-order valence-electron chi connectivity index (χ1n) is 5.65. The molecule has 84 valence electrons. The maximum absolute atomic E-state index is 11.1. The summed E-state index contributed by atoms with van der Waals surface area (Å²) in [5.41, 5.74) is 1.18. The van der Waals surface area contributed by atoms with Gasteiger partial charge in [0, 0.05) is 36.7 Å². The normalized spacial score (nSPS) is 35.6. The third kappa shape index (κ3) is 1.29. The second kappa shape index (κ2) is 3.47. The van der Waals surface area contributed by atoms with Crippen LogP contribution in [0.3, 0.4) is 0 Å². The Morgan fingerprint density at radius 1 is 1.50 bits per heavy atom. The lowest BCUT2D eigenvalue weighted by atomic mass is 9.78. The summed E-state index contributed by atoms with van der Waals surface area (Å²) in [4.78, 5) is 17.2. The molecule has 1 amide bonds. The van der Waals surface area contributed by atoms with Crippen LogP contribution in [0.5, 0.6) is 0 Å². The first-order valence-corrected chi connectivity index (χ1v) is 5.65. The monoisotopic (exact) mass is 218 g/mol. The van der Waals surface area contributed by atoms with Gasteiger partial charge in [0.2, 0.25) is 0 Å². The van der Waals surface area contributed by atoms with Crippen molar-refractivity contribution in [1.29, 1.82) is 0 Å². The summed E-state index contributed by atoms with van der Waals surface area (Å²) >= 11 is 0. The van der Waals surface area contributed by atoms with Gasteiger partial charge in [-0.15, -0.1) is 0 Å². The average Bonchev–Trinajstić information content (AvgIpc) is 2.73. The van der Waals surface area contributed by atoms with Crippen LogP contribution in [0.4, 0.5) is 4.79 Å². The first kappa shape index (κ1) is 9.63. The molecule has 16 heavy (non-hydrogen) atoms. The number of nitrogens with zero attached hydrogens (tertiary/aromatic N) is 2. The minimum absolute atomic E-state index is 0.0787. The Morgan fingerprint density at radius 2 is 2.38 bits per heavy atom. The lowest BCUT2D eigenvalue weighted by Gasteiger charge is -2.38. The highest BCUT2D eigenvalue weighted by Gasteiger charge is 2.42. The molecule has 3 aliphatic rings. The highest BCUT2D eigenvalue weighted by atomic mass is 16.4. The maximum atomic E-state index is 11.1. The molecule has 1 aliphatic carbocycles. The summed E-state index contributed by atoms with van der Waals surface area (Å²) in [5.74, 6) is 0.561. The first-order chi connectivity index (χ1) is 7.77. The molecule has 2 aliphatic heterocycles. The molecule has 0 saturated heterocycles. The van der Waals surface area contributed by atoms with Gasteiger partial charge in [-0.2, -0.15) is 0 Å². The second-order valence-corrected chi connectivity index (χ2v) is 4.54. The Kier molecular flexibility index (Phi) is 2.09. The third-order valence-electron chi connectivity index (χ3n) is 3.70. The van der Waals surface area contributed by atoms with E-state index in [1.165, 1.54) is 10.6 Å². The predicted molar refractivity (Wildman–Crippen MR) is 60.4 cm³/mol. The van der Waals surface area contributed by atoms with Crippen molar-refractivity contribution in [3.05, 3.63) is 24.4 Å².